The van der Waals surface area contributed by atoms with E-state index in [1.807, 2.05) is 0 Å². The second kappa shape index (κ2) is 8.42. The molecule has 1 saturated heterocycles. The highest BCUT2D eigenvalue weighted by atomic mass is 16.6. The lowest BCUT2D eigenvalue weighted by Crippen LogP contribution is -2.47. The summed E-state index contributed by atoms with van der Waals surface area (Å²) in [5.41, 5.74) is 3.23. The zero-order valence-corrected chi connectivity index (χ0v) is 16.7. The van der Waals surface area contributed by atoms with Gasteiger partial charge in [-0.2, -0.15) is 4.98 Å². The minimum absolute atomic E-state index is 0.0971. The lowest BCUT2D eigenvalue weighted by atomic mass is 10.1. The second-order valence-corrected chi connectivity index (χ2v) is 7.04. The highest BCUT2D eigenvalue weighted by Gasteiger charge is 2.50. The Morgan fingerprint density at radius 1 is 1.15 bits per heavy atom. The first kappa shape index (κ1) is 22.6. The van der Waals surface area contributed by atoms with Crippen molar-refractivity contribution in [3.05, 3.63) is 55.1 Å². The number of fused-ring (bicyclic) bond motifs is 1. The zero-order chi connectivity index (χ0) is 24.7. The monoisotopic (exact) mass is 479 g/mol. The van der Waals surface area contributed by atoms with Crippen molar-refractivity contribution in [2.24, 2.45) is 0 Å². The van der Waals surface area contributed by atoms with Gasteiger partial charge in [-0.25, -0.2) is 4.57 Å². The highest BCUT2D eigenvalue weighted by molar-refractivity contribution is 5.77. The fourth-order valence-electron chi connectivity index (χ4n) is 3.57. The van der Waals surface area contributed by atoms with Crippen molar-refractivity contribution in [2.75, 3.05) is 12.3 Å². The average molecular weight is 479 g/mol. The highest BCUT2D eigenvalue weighted by Crippen LogP contribution is 2.43. The molecule has 0 radical (unpaired) electrons. The van der Waals surface area contributed by atoms with Crippen molar-refractivity contribution in [1.29, 1.82) is 0 Å². The van der Waals surface area contributed by atoms with Gasteiger partial charge >= 0.3 is 17.0 Å². The quantitative estimate of drug-likeness (QED) is 0.185. The van der Waals surface area contributed by atoms with Gasteiger partial charge in [0.2, 0.25) is 11.7 Å². The molecule has 0 amide bonds. The molecule has 0 aliphatic carbocycles. The Bertz CT molecular complexity index is 1280. The van der Waals surface area contributed by atoms with Gasteiger partial charge in [0.05, 0.1) is 33.5 Å². The first-order chi connectivity index (χ1) is 16.1. The van der Waals surface area contributed by atoms with Gasteiger partial charge in [-0.05, 0) is 0 Å². The molecule has 1 fully saturated rings. The number of anilines is 1. The van der Waals surface area contributed by atoms with Crippen LogP contribution in [0.25, 0.3) is 11.2 Å². The topological polar surface area (TPSA) is 260 Å². The molecular formula is C16H15N8O10+. The molecule has 0 spiro atoms. The predicted octanol–water partition coefficient (Wildman–Crippen LogP) is -0.750. The van der Waals surface area contributed by atoms with Gasteiger partial charge in [0.1, 0.15) is 6.10 Å². The number of nitrogens with two attached hydrogens (primary N) is 1. The van der Waals surface area contributed by atoms with E-state index in [2.05, 4.69) is 15.0 Å². The summed E-state index contributed by atoms with van der Waals surface area (Å²) in [6.45, 7) is -0.743. The second-order valence-electron chi connectivity index (χ2n) is 7.04. The largest absolute Gasteiger partial charge is 0.473 e. The van der Waals surface area contributed by atoms with Crippen LogP contribution in [0.2, 0.25) is 0 Å². The molecule has 18 heteroatoms. The number of aliphatic hydroxyl groups excluding tert-OH is 2. The van der Waals surface area contributed by atoms with Crippen molar-refractivity contribution in [2.45, 2.75) is 24.5 Å². The number of nitrogen functional groups attached to an aromatic ring is 1. The van der Waals surface area contributed by atoms with E-state index in [0.29, 0.717) is 17.6 Å². The lowest BCUT2D eigenvalue weighted by molar-refractivity contribution is -0.745. The number of non-ortho nitro benzene ring substituents is 1. The van der Waals surface area contributed by atoms with Crippen molar-refractivity contribution >= 4 is 34.0 Å². The van der Waals surface area contributed by atoms with Crippen LogP contribution in [0, 0.1) is 30.3 Å². The van der Waals surface area contributed by atoms with Crippen LogP contribution >= 0.6 is 0 Å². The van der Waals surface area contributed by atoms with Crippen molar-refractivity contribution < 1.29 is 39.0 Å². The number of nitrogens with zero attached hydrogens (tertiary/aromatic N) is 6. The normalized spacial score (nSPS) is 22.1. The summed E-state index contributed by atoms with van der Waals surface area (Å²) < 4.78 is 12.4. The molecule has 1 aliphatic rings. The van der Waals surface area contributed by atoms with Crippen LogP contribution in [0.3, 0.4) is 0 Å². The minimum Gasteiger partial charge on any atom is -0.473 e. The Balaban J connectivity index is 1.76. The van der Waals surface area contributed by atoms with E-state index in [1.165, 1.54) is 10.9 Å². The molecule has 178 valence electrons. The van der Waals surface area contributed by atoms with Gasteiger partial charge in [0.15, 0.2) is 30.7 Å². The van der Waals surface area contributed by atoms with Crippen LogP contribution in [0.5, 0.6) is 5.75 Å². The zero-order valence-electron chi connectivity index (χ0n) is 16.7. The average Bonchev–Trinajstić information content (AvgIpc) is 3.35. The van der Waals surface area contributed by atoms with Crippen molar-refractivity contribution in [3.8, 4) is 5.75 Å². The summed E-state index contributed by atoms with van der Waals surface area (Å²) in [5, 5.41) is 54.7. The number of imidazole rings is 1. The van der Waals surface area contributed by atoms with Gasteiger partial charge in [-0.1, -0.05) is 4.98 Å². The summed E-state index contributed by atoms with van der Waals surface area (Å²) in [5.74, 6) is -0.845. The number of nitro groups is 3. The van der Waals surface area contributed by atoms with E-state index in [-0.39, 0.29) is 11.5 Å². The van der Waals surface area contributed by atoms with E-state index in [1.54, 1.807) is 0 Å². The van der Waals surface area contributed by atoms with Gasteiger partial charge in [-0.3, -0.25) is 35.3 Å². The number of nitro benzene ring substituents is 3. The molecule has 5 N–H and O–H groups in total. The van der Waals surface area contributed by atoms with Crippen LogP contribution in [0.4, 0.5) is 22.9 Å². The van der Waals surface area contributed by atoms with Gasteiger partial charge in [0, 0.05) is 0 Å². The molecule has 3 heterocycles. The van der Waals surface area contributed by atoms with Crippen LogP contribution in [0.15, 0.2) is 24.8 Å². The van der Waals surface area contributed by atoms with Crippen LogP contribution < -0.4 is 15.0 Å². The lowest BCUT2D eigenvalue weighted by Gasteiger charge is -2.20. The number of rotatable bonds is 7. The Kier molecular flexibility index (Phi) is 5.61. The molecule has 18 nitrogen and oxygen atoms in total. The smallest absolute Gasteiger partial charge is 0.325 e. The van der Waals surface area contributed by atoms with Crippen LogP contribution in [-0.2, 0) is 4.74 Å². The number of benzene rings is 1. The van der Waals surface area contributed by atoms with Gasteiger partial charge in [0.25, 0.3) is 11.4 Å². The third-order valence-electron chi connectivity index (χ3n) is 5.11. The fourth-order valence-corrected chi connectivity index (χ4v) is 3.57. The molecule has 0 unspecified atom stereocenters. The molecule has 1 aliphatic heterocycles. The van der Waals surface area contributed by atoms with Gasteiger partial charge in [-0.15, -0.1) is 0 Å². The standard InChI is InChI=1S/C16H14N8O10/c17-14-10-15(19-4-18-14)21(5-20-10)16-11(26)13(9(3-25)33-16)34-12-7(23(29)30)1-6(22(27)28)2-8(12)24(31)32/h1-2,4-5,9,11,13,16,25-26H,3H2,(H2,17,18,19)/p+1/t9-,11-,13-,16-/m1/s1. The minimum atomic E-state index is -1.63. The van der Waals surface area contributed by atoms with E-state index < -0.39 is 68.7 Å². The van der Waals surface area contributed by atoms with E-state index in [4.69, 9.17) is 15.2 Å². The molecule has 4 atom stereocenters. The Morgan fingerprint density at radius 3 is 2.35 bits per heavy atom. The number of aromatic amines is 1. The number of nitrogens with one attached hydrogen (secondary N) is 1. The Hall–Kier alpha value is -4.55. The number of aliphatic hydroxyl groups is 2. The summed E-state index contributed by atoms with van der Waals surface area (Å²) in [4.78, 5) is 41.5. The summed E-state index contributed by atoms with van der Waals surface area (Å²) >= 11 is 0. The SMILES string of the molecule is Nc1ncnc2c1[nH]c[n+]2[C@@H]1O[C@H](CO)[C@@H](Oc2c([N+](=O)[O-])cc([N+](=O)[O-])cc2[N+](=O)[O-])[C@H]1O. The summed E-state index contributed by atoms with van der Waals surface area (Å²) in [7, 11) is 0. The third-order valence-corrected chi connectivity index (χ3v) is 5.11. The molecular weight excluding hydrogens is 464 g/mol. The number of hydrogen-bond donors (Lipinski definition) is 4. The molecule has 3 aromatic rings. The Labute approximate surface area is 186 Å². The predicted molar refractivity (Wildman–Crippen MR) is 106 cm³/mol. The molecule has 0 bridgehead atoms. The number of H-pyrrole nitrogens is 1. The maximum atomic E-state index is 11.5. The van der Waals surface area contributed by atoms with Crippen LogP contribution in [0.1, 0.15) is 6.23 Å². The van der Waals surface area contributed by atoms with Crippen LogP contribution in [-0.4, -0.2) is 64.9 Å². The number of hydrogen-bond acceptors (Lipinski definition) is 13. The molecule has 1 aromatic carbocycles. The van der Waals surface area contributed by atoms with E-state index >= 15 is 0 Å². The molecule has 2 aromatic heterocycles. The summed E-state index contributed by atoms with van der Waals surface area (Å²) in [6, 6.07) is 0.980. The van der Waals surface area contributed by atoms with E-state index in [9.17, 15) is 40.6 Å². The first-order valence-corrected chi connectivity index (χ1v) is 9.35. The maximum absolute atomic E-state index is 11.5. The van der Waals surface area contributed by atoms with Crippen molar-refractivity contribution in [1.82, 2.24) is 15.0 Å². The molecule has 0 saturated carbocycles. The van der Waals surface area contributed by atoms with Gasteiger partial charge < -0.3 is 25.4 Å². The molecule has 4 rings (SSSR count). The maximum Gasteiger partial charge on any atom is 0.325 e. The third kappa shape index (κ3) is 3.66. The fraction of sp³-hybridized carbons (Fsp3) is 0.312. The van der Waals surface area contributed by atoms with Crippen molar-refractivity contribution in [3.63, 3.8) is 0 Å². The molecule has 34 heavy (non-hydrogen) atoms. The first-order valence-electron chi connectivity index (χ1n) is 9.35. The summed E-state index contributed by atoms with van der Waals surface area (Å²) in [6.07, 6.45) is -3.24. The number of aromatic nitrogens is 4. The number of ether oxygens (including phenoxy) is 2. The Morgan fingerprint density at radius 2 is 1.79 bits per heavy atom. The van der Waals surface area contributed by atoms with E-state index in [0.717, 1.165) is 6.33 Å².